The van der Waals surface area contributed by atoms with E-state index in [1.54, 1.807) is 22.8 Å². The van der Waals surface area contributed by atoms with Gasteiger partial charge in [0.1, 0.15) is 29.6 Å². The van der Waals surface area contributed by atoms with Crippen molar-refractivity contribution in [1.29, 1.82) is 0 Å². The van der Waals surface area contributed by atoms with Crippen molar-refractivity contribution in [1.82, 2.24) is 19.9 Å². The summed E-state index contributed by atoms with van der Waals surface area (Å²) in [6.07, 6.45) is 3.92. The molecule has 0 saturated carbocycles. The van der Waals surface area contributed by atoms with Crippen LogP contribution in [0.4, 0.5) is 10.2 Å². The molecule has 0 radical (unpaired) electrons. The highest BCUT2D eigenvalue weighted by Crippen LogP contribution is 2.22. The lowest BCUT2D eigenvalue weighted by molar-refractivity contribution is 0.0921. The predicted octanol–water partition coefficient (Wildman–Crippen LogP) is 2.38. The van der Waals surface area contributed by atoms with E-state index < -0.39 is 0 Å². The molecule has 1 aromatic carbocycles. The lowest BCUT2D eigenvalue weighted by atomic mass is 10.2. The molecule has 3 aromatic rings. The number of benzene rings is 1. The van der Waals surface area contributed by atoms with E-state index in [9.17, 15) is 9.18 Å². The first kappa shape index (κ1) is 16.3. The number of carbonyl (C=O) groups is 1. The number of halogens is 1. The molecule has 7 nitrogen and oxygen atoms in total. The second-order valence-electron chi connectivity index (χ2n) is 6.13. The minimum atomic E-state index is -0.333. The van der Waals surface area contributed by atoms with Crippen molar-refractivity contribution >= 4 is 17.4 Å². The maximum atomic E-state index is 13.7. The molecular formula is C18H18FN5O2. The first-order valence-corrected chi connectivity index (χ1v) is 8.44. The van der Waals surface area contributed by atoms with Gasteiger partial charge >= 0.3 is 0 Å². The Balaban J connectivity index is 1.77. The topological polar surface area (TPSA) is 80.6 Å². The Kier molecular flexibility index (Phi) is 4.16. The molecule has 2 aromatic heterocycles. The predicted molar refractivity (Wildman–Crippen MR) is 93.8 cm³/mol. The van der Waals surface area contributed by atoms with E-state index in [0.29, 0.717) is 41.3 Å². The zero-order valence-electron chi connectivity index (χ0n) is 14.2. The Morgan fingerprint density at radius 1 is 1.38 bits per heavy atom. The van der Waals surface area contributed by atoms with Gasteiger partial charge in [0.2, 0.25) is 0 Å². The van der Waals surface area contributed by atoms with Gasteiger partial charge in [-0.05, 0) is 30.7 Å². The minimum absolute atomic E-state index is 0.188. The average molecular weight is 355 g/mol. The zero-order valence-corrected chi connectivity index (χ0v) is 14.2. The van der Waals surface area contributed by atoms with Gasteiger partial charge in [0.05, 0.1) is 12.2 Å². The highest BCUT2D eigenvalue weighted by Gasteiger charge is 2.19. The van der Waals surface area contributed by atoms with E-state index in [4.69, 9.17) is 4.74 Å². The third-order valence-electron chi connectivity index (χ3n) is 4.36. The Bertz CT molecular complexity index is 971. The van der Waals surface area contributed by atoms with Crippen LogP contribution in [-0.2, 0) is 6.54 Å². The number of ether oxygens (including phenoxy) is 1. The summed E-state index contributed by atoms with van der Waals surface area (Å²) in [7, 11) is 0. The quantitative estimate of drug-likeness (QED) is 0.701. The van der Waals surface area contributed by atoms with Crippen LogP contribution in [0.3, 0.4) is 0 Å². The fraction of sp³-hybridized carbons (Fsp3) is 0.278. The molecule has 0 unspecified atom stereocenters. The summed E-state index contributed by atoms with van der Waals surface area (Å²) in [6.45, 7) is 2.60. The van der Waals surface area contributed by atoms with Crippen molar-refractivity contribution in [3.8, 4) is 5.75 Å². The smallest absolute Gasteiger partial charge is 0.257 e. The molecule has 4 rings (SSSR count). The fourth-order valence-electron chi connectivity index (χ4n) is 2.86. The number of nitrogens with zero attached hydrogens (tertiary/aromatic N) is 3. The summed E-state index contributed by atoms with van der Waals surface area (Å²) in [5, 5.41) is 10.3. The highest BCUT2D eigenvalue weighted by molar-refractivity contribution is 5.99. The first-order valence-electron chi connectivity index (χ1n) is 8.44. The van der Waals surface area contributed by atoms with Gasteiger partial charge in [-0.3, -0.25) is 4.79 Å². The molecule has 0 aliphatic carbocycles. The van der Waals surface area contributed by atoms with Crippen LogP contribution in [0.1, 0.15) is 29.3 Å². The molecule has 134 valence electrons. The molecule has 1 atom stereocenters. The minimum Gasteiger partial charge on any atom is -0.491 e. The van der Waals surface area contributed by atoms with Crippen LogP contribution in [0.2, 0.25) is 0 Å². The van der Waals surface area contributed by atoms with Crippen LogP contribution < -0.4 is 15.4 Å². The van der Waals surface area contributed by atoms with E-state index in [2.05, 4.69) is 20.7 Å². The van der Waals surface area contributed by atoms with Crippen molar-refractivity contribution in [2.24, 2.45) is 0 Å². The zero-order chi connectivity index (χ0) is 18.1. The Hall–Kier alpha value is -3.16. The number of anilines is 1. The van der Waals surface area contributed by atoms with E-state index in [1.165, 1.54) is 18.3 Å². The van der Waals surface area contributed by atoms with Gasteiger partial charge in [-0.25, -0.2) is 13.9 Å². The number of hydrogen-bond donors (Lipinski definition) is 2. The number of amides is 1. The van der Waals surface area contributed by atoms with Crippen molar-refractivity contribution in [2.75, 3.05) is 11.9 Å². The number of nitrogens with one attached hydrogen (secondary N) is 2. The molecule has 1 aliphatic heterocycles. The maximum absolute atomic E-state index is 13.7. The molecule has 1 aliphatic rings. The van der Waals surface area contributed by atoms with Crippen molar-refractivity contribution in [3.05, 3.63) is 53.6 Å². The molecule has 2 N–H and O–H groups in total. The second-order valence-corrected chi connectivity index (χ2v) is 6.13. The average Bonchev–Trinajstić information content (AvgIpc) is 3.07. The van der Waals surface area contributed by atoms with E-state index >= 15 is 0 Å². The van der Waals surface area contributed by atoms with Gasteiger partial charge in [-0.1, -0.05) is 6.92 Å². The molecule has 2 bridgehead atoms. The fourth-order valence-corrected chi connectivity index (χ4v) is 2.86. The van der Waals surface area contributed by atoms with Gasteiger partial charge in [0.25, 0.3) is 5.91 Å². The molecule has 3 heterocycles. The lowest BCUT2D eigenvalue weighted by Crippen LogP contribution is -2.38. The third kappa shape index (κ3) is 3.05. The summed E-state index contributed by atoms with van der Waals surface area (Å²) in [5.74, 6) is 0.558. The van der Waals surface area contributed by atoms with E-state index in [0.717, 1.165) is 0 Å². The molecule has 0 fully saturated rings. The van der Waals surface area contributed by atoms with Gasteiger partial charge in [0, 0.05) is 18.3 Å². The van der Waals surface area contributed by atoms with Crippen LogP contribution in [0, 0.1) is 5.82 Å². The third-order valence-corrected chi connectivity index (χ3v) is 4.36. The van der Waals surface area contributed by atoms with Crippen molar-refractivity contribution in [3.63, 3.8) is 0 Å². The summed E-state index contributed by atoms with van der Waals surface area (Å²) >= 11 is 0. The second kappa shape index (κ2) is 6.62. The van der Waals surface area contributed by atoms with Gasteiger partial charge in [-0.15, -0.1) is 0 Å². The van der Waals surface area contributed by atoms with Crippen molar-refractivity contribution in [2.45, 2.75) is 25.9 Å². The maximum Gasteiger partial charge on any atom is 0.257 e. The monoisotopic (exact) mass is 355 g/mol. The number of carbonyl (C=O) groups excluding carboxylic acids is 1. The van der Waals surface area contributed by atoms with Gasteiger partial charge in [0.15, 0.2) is 5.65 Å². The molecule has 0 saturated heterocycles. The van der Waals surface area contributed by atoms with Crippen LogP contribution in [0.5, 0.6) is 5.75 Å². The number of hydrogen-bond acceptors (Lipinski definition) is 5. The Morgan fingerprint density at radius 3 is 3.12 bits per heavy atom. The lowest BCUT2D eigenvalue weighted by Gasteiger charge is -2.19. The number of rotatable bonds is 1. The Morgan fingerprint density at radius 2 is 2.27 bits per heavy atom. The standard InChI is InChI=1S/C18H18FN5O2/c1-2-13-10-26-15-4-3-12(19)7-11(15)8-20-16-5-6-24-17(23-16)14(9-21-24)18(25)22-13/h3-7,9,13H,2,8,10H2,1H3,(H,20,23)(H,22,25)/t13-/m1/s1. The first-order chi connectivity index (χ1) is 12.6. The molecule has 1 amide bonds. The largest absolute Gasteiger partial charge is 0.491 e. The van der Waals surface area contributed by atoms with Crippen molar-refractivity contribution < 1.29 is 13.9 Å². The molecule has 26 heavy (non-hydrogen) atoms. The summed E-state index contributed by atoms with van der Waals surface area (Å²) in [4.78, 5) is 17.1. The number of fused-ring (bicyclic) bond motifs is 2. The highest BCUT2D eigenvalue weighted by atomic mass is 19.1. The SMILES string of the molecule is CC[C@@H]1COc2ccc(F)cc2CNc2ccn3ncc(c3n2)C(=O)N1. The van der Waals surface area contributed by atoms with Crippen LogP contribution in [0.25, 0.3) is 5.65 Å². The van der Waals surface area contributed by atoms with Crippen LogP contribution in [-0.4, -0.2) is 33.2 Å². The van der Waals surface area contributed by atoms with E-state index in [1.807, 2.05) is 6.92 Å². The summed E-state index contributed by atoms with van der Waals surface area (Å²) in [5.41, 5.74) is 1.54. The molecular weight excluding hydrogens is 337 g/mol. The Labute approximate surface area is 149 Å². The molecule has 0 spiro atoms. The van der Waals surface area contributed by atoms with Crippen LogP contribution in [0.15, 0.2) is 36.7 Å². The van der Waals surface area contributed by atoms with E-state index in [-0.39, 0.29) is 24.4 Å². The number of aromatic nitrogens is 3. The summed E-state index contributed by atoms with van der Waals surface area (Å²) in [6, 6.07) is 5.96. The van der Waals surface area contributed by atoms with Gasteiger partial charge in [-0.2, -0.15) is 5.10 Å². The van der Waals surface area contributed by atoms with Crippen LogP contribution >= 0.6 is 0 Å². The molecule has 8 heteroatoms. The normalized spacial score (nSPS) is 17.3. The summed E-state index contributed by atoms with van der Waals surface area (Å²) < 4.78 is 21.1. The van der Waals surface area contributed by atoms with Gasteiger partial charge < -0.3 is 15.4 Å².